The highest BCUT2D eigenvalue weighted by molar-refractivity contribution is 5.90. The molecule has 0 unspecified atom stereocenters. The standard InChI is InChI=1S/C26H34N8O3/c1-6-33-14-17(4)37-26-21(12-28-32(26)5)18-10-20-22(29-30-24(20)27-11-18)9-8-19-23(15-33)34(13-16(3)35)31-25(19)36-7-2/h8-12,16-17,35H,6-7,13-15H2,1-5H3,(H,27,29,30)/b9-8+/t16-,17-/m0/s1. The van der Waals surface area contributed by atoms with Crippen LogP contribution in [0.15, 0.2) is 18.5 Å². The molecule has 37 heavy (non-hydrogen) atoms. The number of nitrogens with zero attached hydrogens (tertiary/aromatic N) is 7. The summed E-state index contributed by atoms with van der Waals surface area (Å²) in [4.78, 5) is 6.88. The quantitative estimate of drug-likeness (QED) is 0.424. The Kier molecular flexibility index (Phi) is 6.98. The van der Waals surface area contributed by atoms with Crippen molar-refractivity contribution in [1.82, 2.24) is 39.6 Å². The van der Waals surface area contributed by atoms with E-state index in [4.69, 9.17) is 14.6 Å². The van der Waals surface area contributed by atoms with Crippen LogP contribution < -0.4 is 9.47 Å². The highest BCUT2D eigenvalue weighted by atomic mass is 16.5. The molecule has 11 heteroatoms. The Labute approximate surface area is 215 Å². The van der Waals surface area contributed by atoms with Crippen molar-refractivity contribution in [3.05, 3.63) is 35.4 Å². The van der Waals surface area contributed by atoms with E-state index in [1.807, 2.05) is 37.0 Å². The number of aromatic amines is 1. The molecule has 0 saturated carbocycles. The highest BCUT2D eigenvalue weighted by Gasteiger charge is 2.23. The van der Waals surface area contributed by atoms with Gasteiger partial charge in [0.05, 0.1) is 48.0 Å². The second-order valence-corrected chi connectivity index (χ2v) is 9.44. The average Bonchev–Trinajstić information content (AvgIpc) is 3.52. The molecule has 0 saturated heterocycles. The zero-order valence-corrected chi connectivity index (χ0v) is 22.0. The summed E-state index contributed by atoms with van der Waals surface area (Å²) in [6.45, 7) is 10.9. The largest absolute Gasteiger partial charge is 0.476 e. The number of aryl methyl sites for hydroxylation is 1. The molecule has 1 aliphatic heterocycles. The zero-order valence-electron chi connectivity index (χ0n) is 22.0. The number of nitrogens with one attached hydrogen (secondary N) is 1. The molecular weight excluding hydrogens is 472 g/mol. The van der Waals surface area contributed by atoms with Crippen molar-refractivity contribution in [2.24, 2.45) is 7.05 Å². The van der Waals surface area contributed by atoms with E-state index in [0.717, 1.165) is 40.0 Å². The van der Waals surface area contributed by atoms with Gasteiger partial charge in [0, 0.05) is 37.3 Å². The summed E-state index contributed by atoms with van der Waals surface area (Å²) in [7, 11) is 1.88. The van der Waals surface area contributed by atoms with E-state index in [9.17, 15) is 5.11 Å². The van der Waals surface area contributed by atoms with E-state index >= 15 is 0 Å². The van der Waals surface area contributed by atoms with Gasteiger partial charge in [0.2, 0.25) is 11.8 Å². The molecule has 5 rings (SSSR count). The number of hydrogen-bond donors (Lipinski definition) is 2. The molecule has 0 aromatic carbocycles. The van der Waals surface area contributed by atoms with Gasteiger partial charge in [-0.15, -0.1) is 5.10 Å². The van der Waals surface area contributed by atoms with Gasteiger partial charge in [-0.25, -0.2) is 9.67 Å². The van der Waals surface area contributed by atoms with Crippen LogP contribution in [0.2, 0.25) is 0 Å². The number of aromatic nitrogens is 7. The second kappa shape index (κ2) is 10.3. The first-order valence-corrected chi connectivity index (χ1v) is 12.7. The topological polar surface area (TPSA) is 119 Å². The summed E-state index contributed by atoms with van der Waals surface area (Å²) in [5, 5.41) is 27.8. The lowest BCUT2D eigenvalue weighted by atomic mass is 10.1. The lowest BCUT2D eigenvalue weighted by molar-refractivity contribution is 0.131. The number of fused-ring (bicyclic) bond motifs is 4. The number of H-pyrrole nitrogens is 1. The van der Waals surface area contributed by atoms with E-state index in [1.165, 1.54) is 0 Å². The smallest absolute Gasteiger partial charge is 0.240 e. The number of pyridine rings is 1. The molecule has 0 radical (unpaired) electrons. The van der Waals surface area contributed by atoms with E-state index in [2.05, 4.69) is 45.1 Å². The Morgan fingerprint density at radius 3 is 2.86 bits per heavy atom. The molecule has 0 aliphatic carbocycles. The van der Waals surface area contributed by atoms with E-state index in [0.29, 0.717) is 43.6 Å². The Bertz CT molecular complexity index is 1420. The summed E-state index contributed by atoms with van der Waals surface area (Å²) < 4.78 is 16.0. The lowest BCUT2D eigenvalue weighted by Crippen LogP contribution is -2.35. The molecule has 0 spiro atoms. The molecule has 4 aromatic rings. The van der Waals surface area contributed by atoms with Crippen molar-refractivity contribution < 1.29 is 14.6 Å². The van der Waals surface area contributed by atoms with Crippen LogP contribution in [0.4, 0.5) is 0 Å². The lowest BCUT2D eigenvalue weighted by Gasteiger charge is -2.26. The first kappa shape index (κ1) is 25.0. The van der Waals surface area contributed by atoms with E-state index in [-0.39, 0.29) is 6.10 Å². The van der Waals surface area contributed by atoms with Crippen molar-refractivity contribution in [3.8, 4) is 22.9 Å². The monoisotopic (exact) mass is 506 g/mol. The van der Waals surface area contributed by atoms with Gasteiger partial charge in [0.25, 0.3) is 0 Å². The maximum absolute atomic E-state index is 10.2. The summed E-state index contributed by atoms with van der Waals surface area (Å²) in [5.41, 5.74) is 5.08. The van der Waals surface area contributed by atoms with Crippen molar-refractivity contribution in [1.29, 1.82) is 0 Å². The number of likely N-dealkylation sites (N-methyl/N-ethyl adjacent to an activating group) is 1. The Morgan fingerprint density at radius 2 is 2.11 bits per heavy atom. The van der Waals surface area contributed by atoms with Crippen LogP contribution in [0.5, 0.6) is 11.8 Å². The third-order valence-electron chi connectivity index (χ3n) is 6.48. The number of ether oxygens (including phenoxy) is 2. The SMILES string of the molecule is CCOc1nn(C[C@H](C)O)c2c1/C=C/c1[nH]nc3ncc(cc13)-c1cnn(C)c1O[C@@H](C)CN(CC)C2. The van der Waals surface area contributed by atoms with Crippen molar-refractivity contribution in [3.63, 3.8) is 0 Å². The molecule has 2 bridgehead atoms. The molecule has 5 heterocycles. The van der Waals surface area contributed by atoms with Gasteiger partial charge in [-0.05, 0) is 45.5 Å². The minimum absolute atomic E-state index is 0.112. The van der Waals surface area contributed by atoms with Gasteiger partial charge in [-0.3, -0.25) is 14.7 Å². The van der Waals surface area contributed by atoms with Crippen LogP contribution in [0, 0.1) is 0 Å². The second-order valence-electron chi connectivity index (χ2n) is 9.44. The molecule has 11 nitrogen and oxygen atoms in total. The molecule has 1 aliphatic rings. The predicted molar refractivity (Wildman–Crippen MR) is 141 cm³/mol. The maximum Gasteiger partial charge on any atom is 0.240 e. The van der Waals surface area contributed by atoms with Gasteiger partial charge in [0.1, 0.15) is 6.10 Å². The number of hydrogen-bond acceptors (Lipinski definition) is 8. The molecule has 2 atom stereocenters. The van der Waals surface area contributed by atoms with Crippen LogP contribution in [0.3, 0.4) is 0 Å². The van der Waals surface area contributed by atoms with Crippen LogP contribution in [0.25, 0.3) is 34.3 Å². The third-order valence-corrected chi connectivity index (χ3v) is 6.48. The molecule has 0 amide bonds. The van der Waals surface area contributed by atoms with Crippen LogP contribution >= 0.6 is 0 Å². The van der Waals surface area contributed by atoms with Crippen LogP contribution in [-0.2, 0) is 20.1 Å². The Balaban J connectivity index is 1.69. The molecule has 196 valence electrons. The minimum atomic E-state index is -0.555. The van der Waals surface area contributed by atoms with Crippen LogP contribution in [0.1, 0.15) is 44.6 Å². The number of aliphatic hydroxyl groups excluding tert-OH is 1. The van der Waals surface area contributed by atoms with E-state index in [1.54, 1.807) is 17.8 Å². The van der Waals surface area contributed by atoms with E-state index < -0.39 is 6.10 Å². The van der Waals surface area contributed by atoms with Crippen molar-refractivity contribution >= 4 is 23.2 Å². The van der Waals surface area contributed by atoms with Gasteiger partial charge in [-0.1, -0.05) is 6.92 Å². The van der Waals surface area contributed by atoms with Crippen molar-refractivity contribution in [2.75, 3.05) is 19.7 Å². The maximum atomic E-state index is 10.2. The van der Waals surface area contributed by atoms with Gasteiger partial charge in [0.15, 0.2) is 5.65 Å². The molecule has 0 fully saturated rings. The third kappa shape index (κ3) is 4.96. The molecular formula is C26H34N8O3. The Morgan fingerprint density at radius 1 is 1.27 bits per heavy atom. The summed E-state index contributed by atoms with van der Waals surface area (Å²) in [6.07, 6.45) is 6.93. The summed E-state index contributed by atoms with van der Waals surface area (Å²) in [6, 6.07) is 2.05. The molecule has 4 aromatic heterocycles. The summed E-state index contributed by atoms with van der Waals surface area (Å²) >= 11 is 0. The fraction of sp³-hybridized carbons (Fsp3) is 0.462. The summed E-state index contributed by atoms with van der Waals surface area (Å²) in [5.74, 6) is 1.24. The average molecular weight is 507 g/mol. The first-order chi connectivity index (χ1) is 17.9. The predicted octanol–water partition coefficient (Wildman–Crippen LogP) is 3.11. The van der Waals surface area contributed by atoms with Crippen molar-refractivity contribution in [2.45, 2.75) is 53.0 Å². The number of aliphatic hydroxyl groups is 1. The van der Waals surface area contributed by atoms with Gasteiger partial charge in [-0.2, -0.15) is 10.2 Å². The van der Waals surface area contributed by atoms with Crippen LogP contribution in [-0.4, -0.2) is 76.7 Å². The minimum Gasteiger partial charge on any atom is -0.476 e. The highest BCUT2D eigenvalue weighted by Crippen LogP contribution is 2.33. The first-order valence-electron chi connectivity index (χ1n) is 12.7. The fourth-order valence-electron chi connectivity index (χ4n) is 4.70. The normalized spacial score (nSPS) is 18.1. The Hall–Kier alpha value is -3.70. The van der Waals surface area contributed by atoms with Gasteiger partial charge < -0.3 is 14.6 Å². The fourth-order valence-corrected chi connectivity index (χ4v) is 4.70. The van der Waals surface area contributed by atoms with Gasteiger partial charge >= 0.3 is 0 Å². The number of rotatable bonds is 5. The zero-order chi connectivity index (χ0) is 26.1. The molecule has 2 N–H and O–H groups in total.